The van der Waals surface area contributed by atoms with Gasteiger partial charge in [-0.25, -0.2) is 4.68 Å². The summed E-state index contributed by atoms with van der Waals surface area (Å²) < 4.78 is 7.02. The summed E-state index contributed by atoms with van der Waals surface area (Å²) >= 11 is 0. The summed E-state index contributed by atoms with van der Waals surface area (Å²) in [5.74, 6) is -0.185. The predicted octanol–water partition coefficient (Wildman–Crippen LogP) is 0.949. The molecule has 1 fully saturated rings. The lowest BCUT2D eigenvalue weighted by molar-refractivity contribution is 0.0383. The second kappa shape index (κ2) is 8.03. The number of benzene rings is 1. The largest absolute Gasteiger partial charge is 0.379 e. The Labute approximate surface area is 141 Å². The number of hydrogen-bond donors (Lipinski definition) is 1. The zero-order valence-electron chi connectivity index (χ0n) is 13.9. The summed E-state index contributed by atoms with van der Waals surface area (Å²) in [6, 6.07) is 10.1. The quantitative estimate of drug-likeness (QED) is 0.854. The van der Waals surface area contributed by atoms with E-state index in [4.69, 9.17) is 4.74 Å². The van der Waals surface area contributed by atoms with Crippen LogP contribution in [-0.2, 0) is 4.74 Å². The van der Waals surface area contributed by atoms with Crippen LogP contribution in [0, 0.1) is 0 Å². The van der Waals surface area contributed by atoms with E-state index in [1.807, 2.05) is 37.3 Å². The molecule has 0 spiro atoms. The second-order valence-electron chi connectivity index (χ2n) is 5.88. The highest BCUT2D eigenvalue weighted by Crippen LogP contribution is 2.16. The molecule has 1 aliphatic rings. The average Bonchev–Trinajstić information content (AvgIpc) is 3.13. The number of carbonyl (C=O) groups excluding carboxylic acids is 1. The zero-order valence-corrected chi connectivity index (χ0v) is 13.9. The molecular formula is C17H23N5O2. The van der Waals surface area contributed by atoms with E-state index in [0.29, 0.717) is 12.2 Å². The van der Waals surface area contributed by atoms with E-state index in [0.717, 1.165) is 38.4 Å². The zero-order chi connectivity index (χ0) is 16.8. The summed E-state index contributed by atoms with van der Waals surface area (Å²) in [5, 5.41) is 11.0. The van der Waals surface area contributed by atoms with Crippen LogP contribution in [0.4, 0.5) is 0 Å². The molecule has 1 aliphatic heterocycles. The number of hydrogen-bond acceptors (Lipinski definition) is 5. The Balaban J connectivity index is 1.52. The van der Waals surface area contributed by atoms with E-state index in [9.17, 15) is 4.79 Å². The first kappa shape index (κ1) is 16.6. The average molecular weight is 329 g/mol. The Morgan fingerprint density at radius 3 is 2.79 bits per heavy atom. The monoisotopic (exact) mass is 329 g/mol. The number of rotatable bonds is 6. The van der Waals surface area contributed by atoms with Gasteiger partial charge in [-0.1, -0.05) is 35.5 Å². The van der Waals surface area contributed by atoms with Crippen molar-refractivity contribution in [3.63, 3.8) is 0 Å². The minimum Gasteiger partial charge on any atom is -0.379 e. The number of morpholine rings is 1. The molecule has 1 atom stereocenters. The molecule has 3 rings (SSSR count). The van der Waals surface area contributed by atoms with Crippen LogP contribution in [0.5, 0.6) is 0 Å². The van der Waals surface area contributed by atoms with Crippen LogP contribution in [0.25, 0.3) is 0 Å². The van der Waals surface area contributed by atoms with Gasteiger partial charge in [0.15, 0.2) is 5.69 Å². The number of ether oxygens (including phenoxy) is 1. The van der Waals surface area contributed by atoms with Crippen molar-refractivity contribution in [3.8, 4) is 0 Å². The molecule has 1 saturated heterocycles. The van der Waals surface area contributed by atoms with Gasteiger partial charge >= 0.3 is 0 Å². The van der Waals surface area contributed by atoms with E-state index in [2.05, 4.69) is 20.5 Å². The Kier molecular flexibility index (Phi) is 5.55. The third-order valence-corrected chi connectivity index (χ3v) is 4.24. The Bertz CT molecular complexity index is 652. The standard InChI is InChI=1S/C17H23N5O2/c1-14(15-5-3-2-4-6-15)22-13-16(19-20-22)17(23)18-7-8-21-9-11-24-12-10-21/h2-6,13-14H,7-12H2,1H3,(H,18,23)/t14-/m0/s1. The Hall–Kier alpha value is -2.25. The molecule has 0 bridgehead atoms. The van der Waals surface area contributed by atoms with Crippen molar-refractivity contribution in [2.45, 2.75) is 13.0 Å². The Morgan fingerprint density at radius 2 is 2.04 bits per heavy atom. The molecule has 2 heterocycles. The summed E-state index contributed by atoms with van der Waals surface area (Å²) in [4.78, 5) is 14.5. The van der Waals surface area contributed by atoms with Gasteiger partial charge in [-0.2, -0.15) is 0 Å². The Morgan fingerprint density at radius 1 is 1.29 bits per heavy atom. The van der Waals surface area contributed by atoms with Crippen LogP contribution in [0.2, 0.25) is 0 Å². The third kappa shape index (κ3) is 4.18. The normalized spacial score (nSPS) is 16.7. The van der Waals surface area contributed by atoms with E-state index < -0.39 is 0 Å². The molecule has 1 aromatic carbocycles. The van der Waals surface area contributed by atoms with Crippen LogP contribution in [0.1, 0.15) is 29.0 Å². The molecule has 2 aromatic rings. The number of amides is 1. The van der Waals surface area contributed by atoms with Gasteiger partial charge < -0.3 is 10.1 Å². The van der Waals surface area contributed by atoms with Crippen LogP contribution in [-0.4, -0.2) is 65.2 Å². The predicted molar refractivity (Wildman–Crippen MR) is 89.9 cm³/mol. The molecule has 7 heteroatoms. The van der Waals surface area contributed by atoms with Gasteiger partial charge in [0.1, 0.15) is 0 Å². The minimum atomic E-state index is -0.185. The molecule has 1 N–H and O–H groups in total. The number of nitrogens with one attached hydrogen (secondary N) is 1. The molecule has 1 amide bonds. The molecule has 0 radical (unpaired) electrons. The van der Waals surface area contributed by atoms with Crippen molar-refractivity contribution in [1.82, 2.24) is 25.2 Å². The maximum absolute atomic E-state index is 12.2. The van der Waals surface area contributed by atoms with E-state index in [1.54, 1.807) is 10.9 Å². The number of aromatic nitrogens is 3. The molecular weight excluding hydrogens is 306 g/mol. The first-order valence-electron chi connectivity index (χ1n) is 8.29. The van der Waals surface area contributed by atoms with Crippen LogP contribution >= 0.6 is 0 Å². The van der Waals surface area contributed by atoms with Gasteiger partial charge in [0, 0.05) is 26.2 Å². The fourth-order valence-corrected chi connectivity index (χ4v) is 2.70. The van der Waals surface area contributed by atoms with Crippen molar-refractivity contribution in [2.75, 3.05) is 39.4 Å². The fourth-order valence-electron chi connectivity index (χ4n) is 2.70. The highest BCUT2D eigenvalue weighted by molar-refractivity contribution is 5.91. The van der Waals surface area contributed by atoms with E-state index in [-0.39, 0.29) is 11.9 Å². The fraction of sp³-hybridized carbons (Fsp3) is 0.471. The van der Waals surface area contributed by atoms with Crippen molar-refractivity contribution in [1.29, 1.82) is 0 Å². The number of carbonyl (C=O) groups is 1. The maximum atomic E-state index is 12.2. The molecule has 1 aromatic heterocycles. The summed E-state index contributed by atoms with van der Waals surface area (Å²) in [6.07, 6.45) is 1.70. The van der Waals surface area contributed by atoms with Gasteiger partial charge in [0.05, 0.1) is 25.5 Å². The molecule has 0 aliphatic carbocycles. The minimum absolute atomic E-state index is 0.0357. The van der Waals surface area contributed by atoms with Gasteiger partial charge in [0.2, 0.25) is 0 Å². The van der Waals surface area contributed by atoms with E-state index >= 15 is 0 Å². The highest BCUT2D eigenvalue weighted by Gasteiger charge is 2.15. The van der Waals surface area contributed by atoms with Crippen LogP contribution in [0.15, 0.2) is 36.5 Å². The smallest absolute Gasteiger partial charge is 0.273 e. The first-order chi connectivity index (χ1) is 11.7. The highest BCUT2D eigenvalue weighted by atomic mass is 16.5. The lowest BCUT2D eigenvalue weighted by Gasteiger charge is -2.26. The van der Waals surface area contributed by atoms with Crippen molar-refractivity contribution >= 4 is 5.91 Å². The maximum Gasteiger partial charge on any atom is 0.273 e. The SMILES string of the molecule is C[C@@H](c1ccccc1)n1cc(C(=O)NCCN2CCOCC2)nn1. The summed E-state index contributed by atoms with van der Waals surface area (Å²) in [7, 11) is 0. The summed E-state index contributed by atoms with van der Waals surface area (Å²) in [6.45, 7) is 6.81. The van der Waals surface area contributed by atoms with Crippen molar-refractivity contribution in [2.24, 2.45) is 0 Å². The molecule has 7 nitrogen and oxygen atoms in total. The lowest BCUT2D eigenvalue weighted by atomic mass is 10.1. The van der Waals surface area contributed by atoms with E-state index in [1.165, 1.54) is 0 Å². The lowest BCUT2D eigenvalue weighted by Crippen LogP contribution is -2.41. The summed E-state index contributed by atoms with van der Waals surface area (Å²) in [5.41, 5.74) is 1.47. The van der Waals surface area contributed by atoms with Crippen molar-refractivity contribution < 1.29 is 9.53 Å². The van der Waals surface area contributed by atoms with Gasteiger partial charge in [-0.05, 0) is 12.5 Å². The topological polar surface area (TPSA) is 72.3 Å². The van der Waals surface area contributed by atoms with Gasteiger partial charge in [-0.3, -0.25) is 9.69 Å². The first-order valence-corrected chi connectivity index (χ1v) is 8.29. The molecule has 128 valence electrons. The van der Waals surface area contributed by atoms with Crippen LogP contribution < -0.4 is 5.32 Å². The molecule has 0 unspecified atom stereocenters. The third-order valence-electron chi connectivity index (χ3n) is 4.24. The molecule has 0 saturated carbocycles. The second-order valence-corrected chi connectivity index (χ2v) is 5.88. The van der Waals surface area contributed by atoms with Crippen LogP contribution in [0.3, 0.4) is 0 Å². The van der Waals surface area contributed by atoms with Gasteiger partial charge in [0.25, 0.3) is 5.91 Å². The van der Waals surface area contributed by atoms with Gasteiger partial charge in [-0.15, -0.1) is 5.10 Å². The number of nitrogens with zero attached hydrogens (tertiary/aromatic N) is 4. The molecule has 24 heavy (non-hydrogen) atoms. The van der Waals surface area contributed by atoms with Crippen molar-refractivity contribution in [3.05, 3.63) is 47.8 Å².